The Morgan fingerprint density at radius 1 is 1.26 bits per heavy atom. The number of aryl methyl sites for hydroxylation is 1. The number of pyridine rings is 1. The summed E-state index contributed by atoms with van der Waals surface area (Å²) >= 11 is 12.1. The Morgan fingerprint density at radius 2 is 2.05 bits per heavy atom. The Morgan fingerprint density at radius 3 is 2.68 bits per heavy atom. The van der Waals surface area contributed by atoms with E-state index in [1.54, 1.807) is 18.3 Å². The van der Waals surface area contributed by atoms with E-state index >= 15 is 0 Å². The van der Waals surface area contributed by atoms with Gasteiger partial charge in [0.05, 0.1) is 0 Å². The SMILES string of the molecule is CNCc1cnc(Oc2ccc(Cl)cc2C)c(Cl)c1. The van der Waals surface area contributed by atoms with E-state index in [0.717, 1.165) is 11.1 Å². The number of nitrogens with zero attached hydrogens (tertiary/aromatic N) is 1. The number of aromatic nitrogens is 1. The summed E-state index contributed by atoms with van der Waals surface area (Å²) < 4.78 is 5.71. The molecule has 19 heavy (non-hydrogen) atoms. The molecule has 0 spiro atoms. The lowest BCUT2D eigenvalue weighted by molar-refractivity contribution is 0.459. The topological polar surface area (TPSA) is 34.2 Å². The zero-order valence-corrected chi connectivity index (χ0v) is 12.2. The maximum atomic E-state index is 6.16. The second kappa shape index (κ2) is 6.24. The average Bonchev–Trinajstić information content (AvgIpc) is 2.36. The van der Waals surface area contributed by atoms with Crippen molar-refractivity contribution in [2.24, 2.45) is 0 Å². The predicted molar refractivity (Wildman–Crippen MR) is 78.3 cm³/mol. The Balaban J connectivity index is 2.23. The van der Waals surface area contributed by atoms with E-state index in [1.165, 1.54) is 0 Å². The van der Waals surface area contributed by atoms with Crippen LogP contribution in [0.2, 0.25) is 10.0 Å². The molecular formula is C14H14Cl2N2O. The third kappa shape index (κ3) is 3.60. The summed E-state index contributed by atoms with van der Waals surface area (Å²) in [4.78, 5) is 4.23. The van der Waals surface area contributed by atoms with Gasteiger partial charge in [0.15, 0.2) is 0 Å². The normalized spacial score (nSPS) is 10.5. The standard InChI is InChI=1S/C14H14Cl2N2O/c1-9-5-11(15)3-4-13(9)19-14-12(16)6-10(7-17-2)8-18-14/h3-6,8,17H,7H2,1-2H3. The van der Waals surface area contributed by atoms with E-state index in [1.807, 2.05) is 26.1 Å². The van der Waals surface area contributed by atoms with Crippen LogP contribution in [0.4, 0.5) is 0 Å². The first-order valence-corrected chi connectivity index (χ1v) is 6.59. The van der Waals surface area contributed by atoms with E-state index in [9.17, 15) is 0 Å². The lowest BCUT2D eigenvalue weighted by Gasteiger charge is -2.10. The first-order valence-electron chi connectivity index (χ1n) is 5.83. The first kappa shape index (κ1) is 14.1. The van der Waals surface area contributed by atoms with Gasteiger partial charge in [-0.05, 0) is 49.4 Å². The van der Waals surface area contributed by atoms with Crippen molar-refractivity contribution >= 4 is 23.2 Å². The quantitative estimate of drug-likeness (QED) is 0.918. The lowest BCUT2D eigenvalue weighted by Crippen LogP contribution is -2.05. The predicted octanol–water partition coefficient (Wildman–Crippen LogP) is 4.21. The fourth-order valence-electron chi connectivity index (χ4n) is 1.67. The lowest BCUT2D eigenvalue weighted by atomic mass is 10.2. The molecule has 0 bridgehead atoms. The maximum absolute atomic E-state index is 6.16. The Hall–Kier alpha value is -1.29. The van der Waals surface area contributed by atoms with Crippen LogP contribution in [0.25, 0.3) is 0 Å². The van der Waals surface area contributed by atoms with Gasteiger partial charge < -0.3 is 10.1 Å². The van der Waals surface area contributed by atoms with Gasteiger partial charge in [-0.3, -0.25) is 0 Å². The van der Waals surface area contributed by atoms with E-state index in [-0.39, 0.29) is 0 Å². The number of hydrogen-bond acceptors (Lipinski definition) is 3. The molecule has 0 aliphatic heterocycles. The highest BCUT2D eigenvalue weighted by molar-refractivity contribution is 6.32. The number of ether oxygens (including phenoxy) is 1. The van der Waals surface area contributed by atoms with Crippen molar-refractivity contribution < 1.29 is 4.74 Å². The molecule has 1 aromatic carbocycles. The summed E-state index contributed by atoms with van der Waals surface area (Å²) in [7, 11) is 1.87. The second-order valence-corrected chi connectivity index (χ2v) is 5.02. The summed E-state index contributed by atoms with van der Waals surface area (Å²) in [5.41, 5.74) is 1.94. The van der Waals surface area contributed by atoms with E-state index in [0.29, 0.717) is 28.2 Å². The van der Waals surface area contributed by atoms with Crippen molar-refractivity contribution in [3.05, 3.63) is 51.6 Å². The molecule has 5 heteroatoms. The minimum absolute atomic E-state index is 0.395. The molecule has 0 fully saturated rings. The van der Waals surface area contributed by atoms with Gasteiger partial charge in [-0.2, -0.15) is 0 Å². The molecule has 3 nitrogen and oxygen atoms in total. The van der Waals surface area contributed by atoms with E-state index < -0.39 is 0 Å². The molecule has 0 unspecified atom stereocenters. The van der Waals surface area contributed by atoms with Crippen LogP contribution in [0.5, 0.6) is 11.6 Å². The van der Waals surface area contributed by atoms with Crippen molar-refractivity contribution in [2.75, 3.05) is 7.05 Å². The molecular weight excluding hydrogens is 283 g/mol. The van der Waals surface area contributed by atoms with E-state index in [2.05, 4.69) is 10.3 Å². The highest BCUT2D eigenvalue weighted by Gasteiger charge is 2.08. The maximum Gasteiger partial charge on any atom is 0.238 e. The molecule has 1 heterocycles. The van der Waals surface area contributed by atoms with Gasteiger partial charge in [-0.1, -0.05) is 23.2 Å². The highest BCUT2D eigenvalue weighted by atomic mass is 35.5. The molecule has 0 aliphatic carbocycles. The van der Waals surface area contributed by atoms with Crippen LogP contribution >= 0.6 is 23.2 Å². The molecule has 0 atom stereocenters. The number of benzene rings is 1. The Kier molecular flexibility index (Phi) is 4.64. The molecule has 0 radical (unpaired) electrons. The fraction of sp³-hybridized carbons (Fsp3) is 0.214. The highest BCUT2D eigenvalue weighted by Crippen LogP contribution is 2.30. The summed E-state index contributed by atoms with van der Waals surface area (Å²) in [6.07, 6.45) is 1.74. The Labute approximate surface area is 122 Å². The van der Waals surface area contributed by atoms with Gasteiger partial charge in [-0.15, -0.1) is 0 Å². The van der Waals surface area contributed by atoms with Gasteiger partial charge in [0, 0.05) is 17.8 Å². The summed E-state index contributed by atoms with van der Waals surface area (Å²) in [6, 6.07) is 7.25. The van der Waals surface area contributed by atoms with Crippen LogP contribution in [-0.4, -0.2) is 12.0 Å². The van der Waals surface area contributed by atoms with Crippen LogP contribution in [0.3, 0.4) is 0 Å². The zero-order valence-electron chi connectivity index (χ0n) is 10.7. The molecule has 2 rings (SSSR count). The van der Waals surface area contributed by atoms with Crippen molar-refractivity contribution in [3.8, 4) is 11.6 Å². The van der Waals surface area contributed by atoms with Gasteiger partial charge in [0.2, 0.25) is 5.88 Å². The largest absolute Gasteiger partial charge is 0.437 e. The monoisotopic (exact) mass is 296 g/mol. The summed E-state index contributed by atoms with van der Waals surface area (Å²) in [5, 5.41) is 4.20. The van der Waals surface area contributed by atoms with Gasteiger partial charge in [0.1, 0.15) is 10.8 Å². The molecule has 0 saturated heterocycles. The first-order chi connectivity index (χ1) is 9.10. The smallest absolute Gasteiger partial charge is 0.238 e. The molecule has 100 valence electrons. The molecule has 2 aromatic rings. The van der Waals surface area contributed by atoms with Crippen LogP contribution in [0, 0.1) is 6.92 Å². The third-order valence-corrected chi connectivity index (χ3v) is 3.09. The van der Waals surface area contributed by atoms with Gasteiger partial charge in [-0.25, -0.2) is 4.98 Å². The molecule has 0 saturated carbocycles. The van der Waals surface area contributed by atoms with Crippen LogP contribution in [0.15, 0.2) is 30.5 Å². The molecule has 0 amide bonds. The number of halogens is 2. The van der Waals surface area contributed by atoms with Crippen molar-refractivity contribution in [1.29, 1.82) is 0 Å². The van der Waals surface area contributed by atoms with Gasteiger partial charge >= 0.3 is 0 Å². The number of nitrogens with one attached hydrogen (secondary N) is 1. The van der Waals surface area contributed by atoms with Crippen LogP contribution < -0.4 is 10.1 Å². The Bertz CT molecular complexity index is 588. The zero-order chi connectivity index (χ0) is 13.8. The van der Waals surface area contributed by atoms with Gasteiger partial charge in [0.25, 0.3) is 0 Å². The van der Waals surface area contributed by atoms with Crippen molar-refractivity contribution in [3.63, 3.8) is 0 Å². The van der Waals surface area contributed by atoms with Crippen LogP contribution in [0.1, 0.15) is 11.1 Å². The van der Waals surface area contributed by atoms with E-state index in [4.69, 9.17) is 27.9 Å². The molecule has 0 aliphatic rings. The summed E-state index contributed by atoms with van der Waals surface area (Å²) in [6.45, 7) is 2.64. The second-order valence-electron chi connectivity index (χ2n) is 4.17. The minimum Gasteiger partial charge on any atom is -0.437 e. The summed E-state index contributed by atoms with van der Waals surface area (Å²) in [5.74, 6) is 1.09. The van der Waals surface area contributed by atoms with Crippen LogP contribution in [-0.2, 0) is 6.54 Å². The molecule has 1 aromatic heterocycles. The van der Waals surface area contributed by atoms with Crippen molar-refractivity contribution in [1.82, 2.24) is 10.3 Å². The number of rotatable bonds is 4. The fourth-order valence-corrected chi connectivity index (χ4v) is 2.13. The third-order valence-electron chi connectivity index (χ3n) is 2.59. The minimum atomic E-state index is 0.395. The molecule has 1 N–H and O–H groups in total. The number of hydrogen-bond donors (Lipinski definition) is 1. The average molecular weight is 297 g/mol. The van der Waals surface area contributed by atoms with Crippen molar-refractivity contribution in [2.45, 2.75) is 13.5 Å².